The minimum Gasteiger partial charge on any atom is -0.444 e. The van der Waals surface area contributed by atoms with Crippen LogP contribution < -0.4 is 15.5 Å². The monoisotopic (exact) mass is 848 g/mol. The van der Waals surface area contributed by atoms with Gasteiger partial charge in [0.25, 0.3) is 5.91 Å². The van der Waals surface area contributed by atoms with Gasteiger partial charge in [-0.05, 0) is 108 Å². The van der Waals surface area contributed by atoms with Gasteiger partial charge in [0.1, 0.15) is 22.2 Å². The number of benzene rings is 2. The van der Waals surface area contributed by atoms with Crippen LogP contribution >= 0.6 is 11.6 Å². The number of hydrogen-bond acceptors (Lipinski definition) is 10. The van der Waals surface area contributed by atoms with E-state index in [2.05, 4.69) is 20.0 Å². The van der Waals surface area contributed by atoms with Gasteiger partial charge in [-0.2, -0.15) is 18.4 Å². The molecule has 4 rings (SSSR count). The molecule has 0 bridgehead atoms. The van der Waals surface area contributed by atoms with Crippen LogP contribution in [0, 0.1) is 11.5 Å². The van der Waals surface area contributed by atoms with Crippen LogP contribution in [0.15, 0.2) is 69.9 Å². The number of pyridine rings is 1. The second-order valence-electron chi connectivity index (χ2n) is 15.3. The summed E-state index contributed by atoms with van der Waals surface area (Å²) in [5.41, 5.74) is -0.774. The largest absolute Gasteiger partial charge is 0.444 e. The second-order valence-corrected chi connectivity index (χ2v) is 17.9. The molecule has 1 aliphatic heterocycles. The molecule has 58 heavy (non-hydrogen) atoms. The topological polar surface area (TPSA) is 170 Å². The molecular formula is C39H48ClF3N8O6S. The number of aromatic nitrogens is 1. The van der Waals surface area contributed by atoms with E-state index in [1.54, 1.807) is 75.7 Å². The number of nitrogens with one attached hydrogen (secondary N) is 2. The fourth-order valence-corrected chi connectivity index (χ4v) is 7.72. The fraction of sp³-hybridized carbons (Fsp3) is 0.462. The molecule has 14 nitrogen and oxygen atoms in total. The maximum absolute atomic E-state index is 14.2. The van der Waals surface area contributed by atoms with E-state index in [9.17, 15) is 37.0 Å². The van der Waals surface area contributed by atoms with Crippen LogP contribution in [0.2, 0.25) is 5.15 Å². The van der Waals surface area contributed by atoms with Gasteiger partial charge in [0, 0.05) is 57.1 Å². The van der Waals surface area contributed by atoms with Gasteiger partial charge in [-0.15, -0.1) is 4.36 Å². The fourth-order valence-electron chi connectivity index (χ4n) is 5.73. The molecule has 1 aliphatic rings. The summed E-state index contributed by atoms with van der Waals surface area (Å²) in [4.78, 5) is 45.8. The first kappa shape index (κ1) is 45.6. The van der Waals surface area contributed by atoms with Gasteiger partial charge < -0.3 is 29.9 Å². The molecule has 0 saturated carbocycles. The van der Waals surface area contributed by atoms with E-state index in [1.165, 1.54) is 28.6 Å². The van der Waals surface area contributed by atoms with Gasteiger partial charge in [-0.25, -0.2) is 23.1 Å². The summed E-state index contributed by atoms with van der Waals surface area (Å²) in [6.07, 6.45) is -3.18. The first-order valence-corrected chi connectivity index (χ1v) is 20.3. The number of carbonyl (C=O) groups is 3. The predicted octanol–water partition coefficient (Wildman–Crippen LogP) is 7.75. The van der Waals surface area contributed by atoms with Gasteiger partial charge in [0.15, 0.2) is 9.92 Å². The number of rotatable bonds is 12. The number of piperazine rings is 1. The number of alkyl halides is 3. The van der Waals surface area contributed by atoms with Crippen molar-refractivity contribution in [1.82, 2.24) is 19.5 Å². The Balaban J connectivity index is 1.38. The molecule has 0 radical (unpaired) electrons. The zero-order valence-electron chi connectivity index (χ0n) is 33.2. The maximum atomic E-state index is 14.2. The van der Waals surface area contributed by atoms with Crippen LogP contribution in [0.1, 0.15) is 69.4 Å². The van der Waals surface area contributed by atoms with Crippen LogP contribution in [-0.4, -0.2) is 93.5 Å². The lowest BCUT2D eigenvalue weighted by Gasteiger charge is -2.36. The number of anilines is 2. The molecule has 3 aromatic rings. The number of halogens is 4. The summed E-state index contributed by atoms with van der Waals surface area (Å²) in [6, 6.07) is 14.6. The Hall–Kier alpha value is -5.12. The van der Waals surface area contributed by atoms with Gasteiger partial charge in [-0.3, -0.25) is 4.79 Å². The van der Waals surface area contributed by atoms with E-state index in [-0.39, 0.29) is 55.1 Å². The molecular weight excluding hydrogens is 801 g/mol. The van der Waals surface area contributed by atoms with Crippen LogP contribution in [0.3, 0.4) is 0 Å². The minimum atomic E-state index is -4.61. The number of nitrogens with zero attached hydrogens (tertiary/aromatic N) is 6. The summed E-state index contributed by atoms with van der Waals surface area (Å²) in [5.74, 6) is -0.396. The highest BCUT2D eigenvalue weighted by Crippen LogP contribution is 2.33. The molecule has 2 heterocycles. The van der Waals surface area contributed by atoms with Crippen molar-refractivity contribution in [2.75, 3.05) is 56.0 Å². The Morgan fingerprint density at radius 2 is 1.60 bits per heavy atom. The highest BCUT2D eigenvalue weighted by atomic mass is 35.5. The third-order valence-corrected chi connectivity index (χ3v) is 10.9. The molecule has 1 aromatic heterocycles. The Morgan fingerprint density at radius 1 is 0.948 bits per heavy atom. The van der Waals surface area contributed by atoms with E-state index in [0.717, 1.165) is 17.7 Å². The second kappa shape index (κ2) is 19.1. The third kappa shape index (κ3) is 13.5. The molecule has 2 aromatic carbocycles. The predicted molar refractivity (Wildman–Crippen MR) is 214 cm³/mol. The molecule has 0 aliphatic carbocycles. The zero-order chi connectivity index (χ0) is 42.9. The zero-order valence-corrected chi connectivity index (χ0v) is 34.8. The van der Waals surface area contributed by atoms with Crippen LogP contribution in [0.4, 0.5) is 34.3 Å². The van der Waals surface area contributed by atoms with E-state index in [1.807, 2.05) is 6.07 Å². The van der Waals surface area contributed by atoms with Crippen molar-refractivity contribution in [1.29, 1.82) is 5.26 Å². The number of hydrogen-bond donors (Lipinski definition) is 2. The normalized spacial score (nSPS) is 14.7. The molecule has 314 valence electrons. The molecule has 2 N–H and O–H groups in total. The van der Waals surface area contributed by atoms with E-state index >= 15 is 0 Å². The summed E-state index contributed by atoms with van der Waals surface area (Å²) in [7, 11) is -3.45. The smallest absolute Gasteiger partial charge is 0.416 e. The van der Waals surface area contributed by atoms with Crippen LogP contribution in [-0.2, 0) is 32.0 Å². The number of carbonyl (C=O) groups excluding carboxylic acids is 3. The number of amides is 3. The Kier molecular flexibility index (Phi) is 15.0. The van der Waals surface area contributed by atoms with E-state index < -0.39 is 51.0 Å². The Morgan fingerprint density at radius 3 is 2.21 bits per heavy atom. The van der Waals surface area contributed by atoms with Crippen molar-refractivity contribution in [3.8, 4) is 6.19 Å². The van der Waals surface area contributed by atoms with Crippen molar-refractivity contribution in [3.63, 3.8) is 0 Å². The van der Waals surface area contributed by atoms with Gasteiger partial charge in [0.2, 0.25) is 6.19 Å². The van der Waals surface area contributed by atoms with Crippen molar-refractivity contribution >= 4 is 51.1 Å². The van der Waals surface area contributed by atoms with Crippen molar-refractivity contribution in [2.45, 2.75) is 76.7 Å². The molecule has 0 spiro atoms. The van der Waals surface area contributed by atoms with E-state index in [0.29, 0.717) is 30.6 Å². The van der Waals surface area contributed by atoms with Crippen LogP contribution in [0.25, 0.3) is 0 Å². The van der Waals surface area contributed by atoms with Crippen molar-refractivity contribution < 1.29 is 41.2 Å². The standard InChI is InChI=1S/C39H48ClF3N8O6S/c1-37(2,3)56-35(53)45-16-8-17-50(36(54)57-38(4,5)6)18-15-27-9-7-10-28(23-27)34(52)47-30-11-13-31(14-12-30)58(55,46-26-44)51-21-19-49(20-22-51)33-25-29(39(41,42)43)24-32(40)48-33/h7,9-14,23-25H,8,15-22H2,1-6H3,(H,45,53)(H,47,52). The number of alkyl carbamates (subject to hydrolysis) is 1. The van der Waals surface area contributed by atoms with Crippen molar-refractivity contribution in [3.05, 3.63) is 82.5 Å². The molecule has 1 fully saturated rings. The SMILES string of the molecule is CC(C)(C)OC(=O)NCCCN(CCc1cccc(C(=O)Nc2ccc(S(=O)(=NC#N)N3CCN(c4cc(C(F)(F)F)cc(Cl)n4)CC3)cc2)c1)C(=O)OC(C)(C)C. The van der Waals surface area contributed by atoms with Gasteiger partial charge in [0.05, 0.1) is 10.5 Å². The molecule has 1 saturated heterocycles. The molecule has 3 amide bonds. The van der Waals surface area contributed by atoms with Gasteiger partial charge >= 0.3 is 18.4 Å². The first-order valence-electron chi connectivity index (χ1n) is 18.4. The third-order valence-electron chi connectivity index (χ3n) is 8.39. The quantitative estimate of drug-likeness (QED) is 0.105. The average Bonchev–Trinajstić information content (AvgIpc) is 3.13. The van der Waals surface area contributed by atoms with Crippen molar-refractivity contribution in [2.24, 2.45) is 4.36 Å². The lowest BCUT2D eigenvalue weighted by Crippen LogP contribution is -2.48. The van der Waals surface area contributed by atoms with E-state index in [4.69, 9.17) is 21.1 Å². The molecule has 1 atom stereocenters. The number of ether oxygens (including phenoxy) is 2. The Labute approximate surface area is 341 Å². The summed E-state index contributed by atoms with van der Waals surface area (Å²) < 4.78 is 70.4. The van der Waals surface area contributed by atoms with Gasteiger partial charge in [-0.1, -0.05) is 23.7 Å². The molecule has 1 unspecified atom stereocenters. The summed E-state index contributed by atoms with van der Waals surface area (Å²) in [6.45, 7) is 12.0. The summed E-state index contributed by atoms with van der Waals surface area (Å²) in [5, 5.41) is 14.6. The summed E-state index contributed by atoms with van der Waals surface area (Å²) >= 11 is 5.87. The maximum Gasteiger partial charge on any atom is 0.416 e. The lowest BCUT2D eigenvalue weighted by molar-refractivity contribution is -0.137. The average molecular weight is 849 g/mol. The molecule has 19 heteroatoms. The minimum absolute atomic E-state index is 0.0261. The van der Waals surface area contributed by atoms with Crippen LogP contribution in [0.5, 0.6) is 0 Å². The first-order chi connectivity index (χ1) is 27.1. The highest BCUT2D eigenvalue weighted by molar-refractivity contribution is 7.91. The lowest BCUT2D eigenvalue weighted by atomic mass is 10.1. The number of nitriles is 1. The highest BCUT2D eigenvalue weighted by Gasteiger charge is 2.34. The Bertz CT molecular complexity index is 2100.